The maximum absolute atomic E-state index is 5.95. The summed E-state index contributed by atoms with van der Waals surface area (Å²) in [4.78, 5) is 1.21. The second-order valence-corrected chi connectivity index (χ2v) is 6.18. The van der Waals surface area contributed by atoms with Crippen LogP contribution in [0.2, 0.25) is 5.02 Å². The number of nitrogens with one attached hydrogen (secondary N) is 1. The fraction of sp³-hybridized carbons (Fsp3) is 0.538. The molecule has 0 saturated heterocycles. The molecule has 2 nitrogen and oxygen atoms in total. The number of nitrogens with two attached hydrogens (primary N) is 1. The Balaban J connectivity index is 1.74. The van der Waals surface area contributed by atoms with Crippen LogP contribution in [0.4, 0.5) is 0 Å². The summed E-state index contributed by atoms with van der Waals surface area (Å²) in [6.07, 6.45) is 5.32. The van der Waals surface area contributed by atoms with E-state index in [2.05, 4.69) is 11.5 Å². The first-order chi connectivity index (χ1) is 8.28. The van der Waals surface area contributed by atoms with Crippen LogP contribution >= 0.6 is 23.4 Å². The molecule has 0 amide bonds. The van der Waals surface area contributed by atoms with Gasteiger partial charge in [-0.2, -0.15) is 0 Å². The molecular formula is C13H19ClN2S. The predicted octanol–water partition coefficient (Wildman–Crippen LogP) is 3.45. The van der Waals surface area contributed by atoms with Gasteiger partial charge in [-0.25, -0.2) is 0 Å². The number of halogens is 1. The molecule has 0 radical (unpaired) electrons. The lowest BCUT2D eigenvalue weighted by molar-refractivity contribution is 0.501. The Labute approximate surface area is 112 Å². The molecule has 1 aromatic rings. The van der Waals surface area contributed by atoms with Gasteiger partial charge in [-0.15, -0.1) is 11.8 Å². The van der Waals surface area contributed by atoms with Gasteiger partial charge in [0.25, 0.3) is 0 Å². The number of hydrogen-bond acceptors (Lipinski definition) is 3. The van der Waals surface area contributed by atoms with Crippen LogP contribution in [0.25, 0.3) is 0 Å². The van der Waals surface area contributed by atoms with Crippen molar-refractivity contribution in [3.05, 3.63) is 29.3 Å². The lowest BCUT2D eigenvalue weighted by Crippen LogP contribution is -2.37. The smallest absolute Gasteiger partial charge is 0.0417 e. The van der Waals surface area contributed by atoms with Gasteiger partial charge in [0.2, 0.25) is 0 Å². The zero-order chi connectivity index (χ0) is 12.1. The van der Waals surface area contributed by atoms with E-state index in [1.54, 1.807) is 0 Å². The third-order valence-corrected chi connectivity index (χ3v) is 4.49. The molecule has 3 N–H and O–H groups in total. The standard InChI is InChI=1S/C13H19ClN2S/c14-11-2-1-3-13(8-11)17-9-12(16-15)7-6-10-4-5-10/h1-3,8,10,12,16H,4-7,9,15H2. The molecule has 0 bridgehead atoms. The van der Waals surface area contributed by atoms with Crippen molar-refractivity contribution in [2.24, 2.45) is 11.8 Å². The summed E-state index contributed by atoms with van der Waals surface area (Å²) in [5.41, 5.74) is 2.92. The van der Waals surface area contributed by atoms with Crippen LogP contribution < -0.4 is 11.3 Å². The van der Waals surface area contributed by atoms with E-state index >= 15 is 0 Å². The normalized spacial score (nSPS) is 17.1. The Kier molecular flexibility index (Phi) is 5.16. The molecule has 2 rings (SSSR count). The summed E-state index contributed by atoms with van der Waals surface area (Å²) in [5.74, 6) is 7.56. The molecule has 1 aliphatic rings. The minimum atomic E-state index is 0.402. The van der Waals surface area contributed by atoms with Gasteiger partial charge in [0.1, 0.15) is 0 Å². The van der Waals surface area contributed by atoms with Gasteiger partial charge in [-0.3, -0.25) is 11.3 Å². The first kappa shape index (κ1) is 13.2. The van der Waals surface area contributed by atoms with Gasteiger partial charge in [0.15, 0.2) is 0 Å². The maximum Gasteiger partial charge on any atom is 0.0417 e. The first-order valence-electron chi connectivity index (χ1n) is 6.12. The minimum Gasteiger partial charge on any atom is -0.271 e. The fourth-order valence-electron chi connectivity index (χ4n) is 1.81. The SMILES string of the molecule is NNC(CCC1CC1)CSc1cccc(Cl)c1. The Morgan fingerprint density at radius 3 is 2.94 bits per heavy atom. The summed E-state index contributed by atoms with van der Waals surface area (Å²) >= 11 is 7.76. The molecule has 1 atom stereocenters. The van der Waals surface area contributed by atoms with Crippen molar-refractivity contribution in [3.63, 3.8) is 0 Å². The zero-order valence-corrected chi connectivity index (χ0v) is 11.4. The molecular weight excluding hydrogens is 252 g/mol. The highest BCUT2D eigenvalue weighted by molar-refractivity contribution is 7.99. The number of rotatable bonds is 7. The second-order valence-electron chi connectivity index (χ2n) is 4.65. The number of hydrogen-bond donors (Lipinski definition) is 2. The largest absolute Gasteiger partial charge is 0.271 e. The van der Waals surface area contributed by atoms with Crippen LogP contribution in [0, 0.1) is 5.92 Å². The average molecular weight is 271 g/mol. The van der Waals surface area contributed by atoms with E-state index in [9.17, 15) is 0 Å². The fourth-order valence-corrected chi connectivity index (χ4v) is 3.11. The van der Waals surface area contributed by atoms with Gasteiger partial charge in [0, 0.05) is 21.7 Å². The van der Waals surface area contributed by atoms with Crippen LogP contribution in [0.5, 0.6) is 0 Å². The molecule has 1 fully saturated rings. The quantitative estimate of drug-likeness (QED) is 0.453. The van der Waals surface area contributed by atoms with Crippen LogP contribution in [-0.2, 0) is 0 Å². The number of thioether (sulfide) groups is 1. The molecule has 17 heavy (non-hydrogen) atoms. The van der Waals surface area contributed by atoms with Gasteiger partial charge in [0.05, 0.1) is 0 Å². The van der Waals surface area contributed by atoms with E-state index in [-0.39, 0.29) is 0 Å². The third kappa shape index (κ3) is 4.88. The highest BCUT2D eigenvalue weighted by atomic mass is 35.5. The predicted molar refractivity (Wildman–Crippen MR) is 75.2 cm³/mol. The summed E-state index contributed by atoms with van der Waals surface area (Å²) in [6, 6.07) is 8.38. The van der Waals surface area contributed by atoms with Crippen molar-refractivity contribution >= 4 is 23.4 Å². The monoisotopic (exact) mass is 270 g/mol. The van der Waals surface area contributed by atoms with Crippen LogP contribution in [0.1, 0.15) is 25.7 Å². The molecule has 0 aliphatic heterocycles. The third-order valence-electron chi connectivity index (χ3n) is 3.10. The van der Waals surface area contributed by atoms with Gasteiger partial charge in [-0.05, 0) is 37.0 Å². The number of hydrazine groups is 1. The highest BCUT2D eigenvalue weighted by Crippen LogP contribution is 2.34. The lowest BCUT2D eigenvalue weighted by atomic mass is 10.1. The van der Waals surface area contributed by atoms with E-state index in [0.29, 0.717) is 6.04 Å². The molecule has 1 saturated carbocycles. The Morgan fingerprint density at radius 1 is 1.47 bits per heavy atom. The van der Waals surface area contributed by atoms with E-state index in [1.165, 1.54) is 30.6 Å². The van der Waals surface area contributed by atoms with Crippen molar-refractivity contribution in [2.45, 2.75) is 36.6 Å². The topological polar surface area (TPSA) is 38.0 Å². The molecule has 4 heteroatoms. The second kappa shape index (κ2) is 6.64. The summed E-state index contributed by atoms with van der Waals surface area (Å²) < 4.78 is 0. The van der Waals surface area contributed by atoms with Crippen molar-refractivity contribution in [3.8, 4) is 0 Å². The van der Waals surface area contributed by atoms with Crippen molar-refractivity contribution in [1.29, 1.82) is 0 Å². The summed E-state index contributed by atoms with van der Waals surface area (Å²) in [5, 5.41) is 0.797. The van der Waals surface area contributed by atoms with Crippen molar-refractivity contribution in [1.82, 2.24) is 5.43 Å². The van der Waals surface area contributed by atoms with Crippen molar-refractivity contribution < 1.29 is 0 Å². The van der Waals surface area contributed by atoms with Crippen molar-refractivity contribution in [2.75, 3.05) is 5.75 Å². The van der Waals surface area contributed by atoms with E-state index in [4.69, 9.17) is 17.4 Å². The van der Waals surface area contributed by atoms with Crippen LogP contribution in [0.3, 0.4) is 0 Å². The average Bonchev–Trinajstić information content (AvgIpc) is 3.13. The molecule has 1 aliphatic carbocycles. The lowest BCUT2D eigenvalue weighted by Gasteiger charge is -2.15. The Hall–Kier alpha value is -0.220. The van der Waals surface area contributed by atoms with Gasteiger partial charge >= 0.3 is 0 Å². The zero-order valence-electron chi connectivity index (χ0n) is 9.86. The van der Waals surface area contributed by atoms with Crippen LogP contribution in [-0.4, -0.2) is 11.8 Å². The first-order valence-corrected chi connectivity index (χ1v) is 7.49. The number of benzene rings is 1. The molecule has 0 aromatic heterocycles. The Bertz CT molecular complexity index is 355. The maximum atomic E-state index is 5.95. The van der Waals surface area contributed by atoms with E-state index < -0.39 is 0 Å². The van der Waals surface area contributed by atoms with Gasteiger partial charge in [-0.1, -0.05) is 30.5 Å². The molecule has 1 unspecified atom stereocenters. The molecule has 0 heterocycles. The van der Waals surface area contributed by atoms with E-state index in [1.807, 2.05) is 30.0 Å². The summed E-state index contributed by atoms with van der Waals surface area (Å²) in [7, 11) is 0. The highest BCUT2D eigenvalue weighted by Gasteiger charge is 2.22. The minimum absolute atomic E-state index is 0.402. The molecule has 0 spiro atoms. The van der Waals surface area contributed by atoms with Crippen LogP contribution in [0.15, 0.2) is 29.2 Å². The Morgan fingerprint density at radius 2 is 2.29 bits per heavy atom. The summed E-state index contributed by atoms with van der Waals surface area (Å²) in [6.45, 7) is 0. The van der Waals surface area contributed by atoms with E-state index in [0.717, 1.165) is 16.7 Å². The molecule has 1 aromatic carbocycles. The molecule has 94 valence electrons. The van der Waals surface area contributed by atoms with Gasteiger partial charge < -0.3 is 0 Å².